The van der Waals surface area contributed by atoms with E-state index >= 15 is 0 Å². The lowest BCUT2D eigenvalue weighted by Gasteiger charge is -2.04. The molecule has 0 aromatic heterocycles. The number of nitro benzene ring substituents is 1. The largest absolute Gasteiger partial charge is 0.269 e. The normalized spacial score (nSPS) is 11.4. The topological polar surface area (TPSA) is 106 Å². The Morgan fingerprint density at radius 2 is 1.67 bits per heavy atom. The van der Waals surface area contributed by atoms with Crippen molar-refractivity contribution >= 4 is 43.6 Å². The zero-order valence-corrected chi connectivity index (χ0v) is 14.5. The summed E-state index contributed by atoms with van der Waals surface area (Å²) in [5, 5.41) is 10.5. The van der Waals surface area contributed by atoms with Gasteiger partial charge in [-0.1, -0.05) is 15.9 Å². The number of hydrogen-bond donors (Lipinski definition) is 1. The molecule has 0 saturated heterocycles. The molecule has 9 heteroatoms. The van der Waals surface area contributed by atoms with Gasteiger partial charge in [0.05, 0.1) is 9.82 Å². The van der Waals surface area contributed by atoms with Crippen molar-refractivity contribution in [1.29, 1.82) is 0 Å². The van der Waals surface area contributed by atoms with Crippen LogP contribution in [-0.4, -0.2) is 19.2 Å². The van der Waals surface area contributed by atoms with Crippen molar-refractivity contribution in [2.24, 2.45) is 0 Å². The Kier molecular flexibility index (Phi) is 5.47. The van der Waals surface area contributed by atoms with E-state index in [0.29, 0.717) is 10.0 Å². The van der Waals surface area contributed by atoms with Crippen LogP contribution in [0.15, 0.2) is 64.0 Å². The van der Waals surface area contributed by atoms with Gasteiger partial charge >= 0.3 is 0 Å². The van der Waals surface area contributed by atoms with Crippen molar-refractivity contribution in [3.8, 4) is 0 Å². The van der Waals surface area contributed by atoms with Crippen LogP contribution in [0.1, 0.15) is 5.56 Å². The first-order chi connectivity index (χ1) is 11.3. The van der Waals surface area contributed by atoms with E-state index < -0.39 is 20.9 Å². The summed E-state index contributed by atoms with van der Waals surface area (Å²) in [6, 6.07) is 11.3. The van der Waals surface area contributed by atoms with Crippen molar-refractivity contribution < 1.29 is 18.1 Å². The standard InChI is InChI=1S/C15H11BrN2O5S/c16-12-4-8-14(9-5-12)24(22,23)17-15(19)10-3-11-1-6-13(7-2-11)18(20)21/h1-10H,(H,17,19). The van der Waals surface area contributed by atoms with Crippen molar-refractivity contribution in [2.45, 2.75) is 4.90 Å². The van der Waals surface area contributed by atoms with E-state index in [1.165, 1.54) is 42.5 Å². The van der Waals surface area contributed by atoms with Crippen LogP contribution in [-0.2, 0) is 14.8 Å². The summed E-state index contributed by atoms with van der Waals surface area (Å²) in [6.45, 7) is 0. The zero-order chi connectivity index (χ0) is 17.7. The average Bonchev–Trinajstić information content (AvgIpc) is 2.53. The van der Waals surface area contributed by atoms with Crippen LogP contribution in [0.2, 0.25) is 0 Å². The number of amides is 1. The lowest BCUT2D eigenvalue weighted by atomic mass is 10.2. The smallest absolute Gasteiger partial charge is 0.269 e. The van der Waals surface area contributed by atoms with Gasteiger partial charge in [-0.05, 0) is 48.0 Å². The third kappa shape index (κ3) is 4.74. The van der Waals surface area contributed by atoms with Gasteiger partial charge in [0.1, 0.15) is 0 Å². The van der Waals surface area contributed by atoms with Gasteiger partial charge in [0.2, 0.25) is 0 Å². The molecular formula is C15H11BrN2O5S. The summed E-state index contributed by atoms with van der Waals surface area (Å²) in [5.41, 5.74) is 0.450. The Morgan fingerprint density at radius 1 is 1.08 bits per heavy atom. The lowest BCUT2D eigenvalue weighted by molar-refractivity contribution is -0.384. The number of non-ortho nitro benzene ring substituents is 1. The number of nitrogens with one attached hydrogen (secondary N) is 1. The summed E-state index contributed by atoms with van der Waals surface area (Å²) < 4.78 is 26.7. The highest BCUT2D eigenvalue weighted by molar-refractivity contribution is 9.10. The van der Waals surface area contributed by atoms with Gasteiger partial charge in [-0.2, -0.15) is 0 Å². The monoisotopic (exact) mass is 410 g/mol. The van der Waals surface area contributed by atoms with Gasteiger partial charge in [0.25, 0.3) is 21.6 Å². The Bertz CT molecular complexity index is 890. The highest BCUT2D eigenvalue weighted by atomic mass is 79.9. The molecule has 2 rings (SSSR count). The van der Waals surface area contributed by atoms with Crippen LogP contribution in [0.4, 0.5) is 5.69 Å². The van der Waals surface area contributed by atoms with Gasteiger partial charge in [-0.25, -0.2) is 13.1 Å². The van der Waals surface area contributed by atoms with E-state index in [1.807, 2.05) is 4.72 Å². The van der Waals surface area contributed by atoms with Crippen LogP contribution in [0.3, 0.4) is 0 Å². The van der Waals surface area contributed by atoms with Gasteiger partial charge < -0.3 is 0 Å². The molecule has 124 valence electrons. The van der Waals surface area contributed by atoms with Crippen LogP contribution in [0, 0.1) is 10.1 Å². The predicted octanol–water partition coefficient (Wildman–Crippen LogP) is 2.88. The first-order valence-electron chi connectivity index (χ1n) is 6.53. The van der Waals surface area contributed by atoms with E-state index in [4.69, 9.17) is 0 Å². The summed E-state index contributed by atoms with van der Waals surface area (Å²) in [5.74, 6) is -0.823. The molecule has 0 radical (unpaired) electrons. The molecule has 0 aliphatic heterocycles. The average molecular weight is 411 g/mol. The number of rotatable bonds is 5. The van der Waals surface area contributed by atoms with Gasteiger partial charge in [0, 0.05) is 22.7 Å². The second kappa shape index (κ2) is 7.37. The molecule has 0 atom stereocenters. The maximum atomic E-state index is 12.0. The van der Waals surface area contributed by atoms with Crippen LogP contribution in [0.5, 0.6) is 0 Å². The molecule has 2 aromatic rings. The van der Waals surface area contributed by atoms with Gasteiger partial charge in [0.15, 0.2) is 0 Å². The molecule has 0 aliphatic carbocycles. The molecule has 0 heterocycles. The van der Waals surface area contributed by atoms with E-state index in [2.05, 4.69) is 15.9 Å². The molecular weight excluding hydrogens is 400 g/mol. The van der Waals surface area contributed by atoms with E-state index in [-0.39, 0.29) is 10.6 Å². The quantitative estimate of drug-likeness (QED) is 0.463. The number of benzene rings is 2. The Balaban J connectivity index is 2.06. The summed E-state index contributed by atoms with van der Waals surface area (Å²) in [4.78, 5) is 21.7. The Labute approximate surface area is 146 Å². The number of hydrogen-bond acceptors (Lipinski definition) is 5. The van der Waals surface area contributed by atoms with Crippen LogP contribution < -0.4 is 4.72 Å². The van der Waals surface area contributed by atoms with E-state index in [0.717, 1.165) is 6.08 Å². The molecule has 0 bridgehead atoms. The number of nitro groups is 1. The lowest BCUT2D eigenvalue weighted by Crippen LogP contribution is -2.28. The number of carbonyl (C=O) groups excluding carboxylic acids is 1. The molecule has 0 unspecified atom stereocenters. The summed E-state index contributed by atoms with van der Waals surface area (Å²) >= 11 is 3.19. The highest BCUT2D eigenvalue weighted by Gasteiger charge is 2.15. The SMILES string of the molecule is O=C(C=Cc1ccc([N+](=O)[O-])cc1)NS(=O)(=O)c1ccc(Br)cc1. The Hall–Kier alpha value is -2.52. The molecule has 0 saturated carbocycles. The third-order valence-corrected chi connectivity index (χ3v) is 4.78. The minimum absolute atomic E-state index is 0.0391. The number of nitrogens with zero attached hydrogens (tertiary/aromatic N) is 1. The van der Waals surface area contributed by atoms with Crippen LogP contribution in [0.25, 0.3) is 6.08 Å². The van der Waals surface area contributed by atoms with Crippen LogP contribution >= 0.6 is 15.9 Å². The fourth-order valence-electron chi connectivity index (χ4n) is 1.72. The minimum atomic E-state index is -3.96. The number of halogens is 1. The Morgan fingerprint density at radius 3 is 2.21 bits per heavy atom. The van der Waals surface area contributed by atoms with Gasteiger partial charge in [-0.3, -0.25) is 14.9 Å². The molecule has 2 aromatic carbocycles. The third-order valence-electron chi connectivity index (χ3n) is 2.89. The van der Waals surface area contributed by atoms with Crippen molar-refractivity contribution in [3.63, 3.8) is 0 Å². The molecule has 1 N–H and O–H groups in total. The molecule has 0 fully saturated rings. The van der Waals surface area contributed by atoms with Crippen molar-refractivity contribution in [3.05, 3.63) is 74.8 Å². The maximum absolute atomic E-state index is 12.0. The number of sulfonamides is 1. The second-order valence-electron chi connectivity index (χ2n) is 4.61. The zero-order valence-electron chi connectivity index (χ0n) is 12.0. The molecule has 0 spiro atoms. The first-order valence-corrected chi connectivity index (χ1v) is 8.80. The second-order valence-corrected chi connectivity index (χ2v) is 7.20. The number of carbonyl (C=O) groups is 1. The fourth-order valence-corrected chi connectivity index (χ4v) is 2.93. The highest BCUT2D eigenvalue weighted by Crippen LogP contribution is 2.15. The van der Waals surface area contributed by atoms with E-state index in [9.17, 15) is 23.3 Å². The summed E-state index contributed by atoms with van der Waals surface area (Å²) in [7, 11) is -3.96. The van der Waals surface area contributed by atoms with Crippen molar-refractivity contribution in [1.82, 2.24) is 4.72 Å². The molecule has 0 aliphatic rings. The first kappa shape index (κ1) is 17.8. The predicted molar refractivity (Wildman–Crippen MR) is 91.6 cm³/mol. The van der Waals surface area contributed by atoms with E-state index in [1.54, 1.807) is 12.1 Å². The molecule has 7 nitrogen and oxygen atoms in total. The fraction of sp³-hybridized carbons (Fsp3) is 0. The van der Waals surface area contributed by atoms with Gasteiger partial charge in [-0.15, -0.1) is 0 Å². The molecule has 24 heavy (non-hydrogen) atoms. The molecule has 1 amide bonds. The van der Waals surface area contributed by atoms with Crippen molar-refractivity contribution in [2.75, 3.05) is 0 Å². The maximum Gasteiger partial charge on any atom is 0.269 e. The minimum Gasteiger partial charge on any atom is -0.269 e. The summed E-state index contributed by atoms with van der Waals surface area (Å²) in [6.07, 6.45) is 2.40.